The summed E-state index contributed by atoms with van der Waals surface area (Å²) in [6.07, 6.45) is 42.7. The topological polar surface area (TPSA) is 34.1 Å². The molecule has 1 radical (unpaired) electrons. The van der Waals surface area contributed by atoms with Crippen LogP contribution in [0, 0.1) is 0 Å². The van der Waals surface area contributed by atoms with Gasteiger partial charge in [-0.05, 0) is 12.8 Å². The van der Waals surface area contributed by atoms with Crippen LogP contribution in [0.3, 0.4) is 0 Å². The van der Waals surface area contributed by atoms with E-state index in [-0.39, 0.29) is 18.9 Å². The predicted molar refractivity (Wildman–Crippen MR) is 183 cm³/mol. The van der Waals surface area contributed by atoms with E-state index in [4.69, 9.17) is 0 Å². The van der Waals surface area contributed by atoms with Crippen LogP contribution in [0.15, 0.2) is 0 Å². The Hall–Kier alpha value is 0.547. The van der Waals surface area contributed by atoms with Crippen LogP contribution < -0.4 is 0 Å². The molecule has 4 heteroatoms. The molecule has 237 valence electrons. The third kappa shape index (κ3) is 36.6. The fourth-order valence-electron chi connectivity index (χ4n) is 5.84. The standard InChI is InChI=1S/C36H74O2S.Li/c1-3-5-7-9-11-13-15-17-19-21-23-25-27-29-31-33-35-39(37,38)36-34-32-30-28-26-24-22-20-18-16-14-12-10-8-6-4-2;/h3-36H2,1-2H3;. The van der Waals surface area contributed by atoms with Crippen molar-refractivity contribution >= 4 is 28.7 Å². The second-order valence-corrected chi connectivity index (χ2v) is 15.1. The number of rotatable bonds is 34. The molecule has 40 heavy (non-hydrogen) atoms. The van der Waals surface area contributed by atoms with E-state index >= 15 is 0 Å². The molecule has 0 aliphatic rings. The molecule has 0 spiro atoms. The number of hydrogen-bond acceptors (Lipinski definition) is 2. The minimum Gasteiger partial charge on any atom is -0.229 e. The molecule has 0 rings (SSSR count). The first kappa shape index (κ1) is 42.7. The fraction of sp³-hybridized carbons (Fsp3) is 1.00. The molecular weight excluding hydrogens is 503 g/mol. The zero-order chi connectivity index (χ0) is 28.5. The van der Waals surface area contributed by atoms with Gasteiger partial charge in [-0.15, -0.1) is 0 Å². The van der Waals surface area contributed by atoms with Crippen molar-refractivity contribution < 1.29 is 8.42 Å². The molecule has 2 nitrogen and oxygen atoms in total. The Bertz CT molecular complexity index is 507. The smallest absolute Gasteiger partial charge is 0.150 e. The minimum atomic E-state index is -2.82. The van der Waals surface area contributed by atoms with Gasteiger partial charge in [-0.1, -0.05) is 206 Å². The van der Waals surface area contributed by atoms with Crippen LogP contribution >= 0.6 is 0 Å². The van der Waals surface area contributed by atoms with Gasteiger partial charge in [0.1, 0.15) is 9.84 Å². The van der Waals surface area contributed by atoms with Crippen LogP contribution in [-0.2, 0) is 9.84 Å². The summed E-state index contributed by atoms with van der Waals surface area (Å²) in [6, 6.07) is 0. The molecule has 0 N–H and O–H groups in total. The molecule has 0 atom stereocenters. The summed E-state index contributed by atoms with van der Waals surface area (Å²) in [4.78, 5) is 0. The molecule has 0 aliphatic heterocycles. The second-order valence-electron chi connectivity index (χ2n) is 12.8. The van der Waals surface area contributed by atoms with Crippen LogP contribution in [0.2, 0.25) is 0 Å². The number of sulfone groups is 1. The third-order valence-electron chi connectivity index (χ3n) is 8.62. The van der Waals surface area contributed by atoms with E-state index in [1.54, 1.807) is 0 Å². The van der Waals surface area contributed by atoms with Gasteiger partial charge in [0, 0.05) is 18.9 Å². The van der Waals surface area contributed by atoms with Gasteiger partial charge < -0.3 is 0 Å². The summed E-state index contributed by atoms with van der Waals surface area (Å²) < 4.78 is 24.7. The Morgan fingerprint density at radius 1 is 0.275 bits per heavy atom. The zero-order valence-corrected chi connectivity index (χ0v) is 29.1. The first-order valence-electron chi connectivity index (χ1n) is 18.3. The van der Waals surface area contributed by atoms with Crippen LogP contribution in [0.4, 0.5) is 0 Å². The van der Waals surface area contributed by atoms with Crippen molar-refractivity contribution in [3.05, 3.63) is 0 Å². The largest absolute Gasteiger partial charge is 0.229 e. The normalized spacial score (nSPS) is 11.7. The minimum absolute atomic E-state index is 0. The van der Waals surface area contributed by atoms with Gasteiger partial charge in [0.25, 0.3) is 0 Å². The maximum absolute atomic E-state index is 12.3. The Balaban J connectivity index is 0. The predicted octanol–water partition coefficient (Wildman–Crippen LogP) is 12.5. The van der Waals surface area contributed by atoms with Gasteiger partial charge >= 0.3 is 0 Å². The quantitative estimate of drug-likeness (QED) is 0.0563. The molecule has 0 bridgehead atoms. The summed E-state index contributed by atoms with van der Waals surface area (Å²) in [5, 5.41) is 0. The summed E-state index contributed by atoms with van der Waals surface area (Å²) in [5.41, 5.74) is 0. The summed E-state index contributed by atoms with van der Waals surface area (Å²) in [6.45, 7) is 4.57. The Labute approximate surface area is 266 Å². The van der Waals surface area contributed by atoms with Crippen molar-refractivity contribution in [2.24, 2.45) is 0 Å². The van der Waals surface area contributed by atoms with Crippen molar-refractivity contribution in [1.82, 2.24) is 0 Å². The van der Waals surface area contributed by atoms with Crippen LogP contribution in [0.5, 0.6) is 0 Å². The SMILES string of the molecule is CCCCCCCCCCCCCCCCCCS(=O)(=O)CCCCCCCCCCCCCCCCCC.[Li]. The monoisotopic (exact) mass is 578 g/mol. The van der Waals surface area contributed by atoms with Gasteiger partial charge in [-0.25, -0.2) is 8.42 Å². The fourth-order valence-corrected chi connectivity index (χ4v) is 7.33. The van der Waals surface area contributed by atoms with Crippen LogP contribution in [-0.4, -0.2) is 38.8 Å². The van der Waals surface area contributed by atoms with Crippen LogP contribution in [0.1, 0.15) is 219 Å². The number of unbranched alkanes of at least 4 members (excludes halogenated alkanes) is 30. The van der Waals surface area contributed by atoms with E-state index in [1.165, 1.54) is 180 Å². The molecule has 0 saturated carbocycles. The Morgan fingerprint density at radius 3 is 0.600 bits per heavy atom. The first-order chi connectivity index (χ1) is 19.1. The van der Waals surface area contributed by atoms with Gasteiger partial charge in [0.15, 0.2) is 0 Å². The van der Waals surface area contributed by atoms with Gasteiger partial charge in [-0.3, -0.25) is 0 Å². The van der Waals surface area contributed by atoms with E-state index in [9.17, 15) is 8.42 Å². The maximum atomic E-state index is 12.3. The first-order valence-corrected chi connectivity index (χ1v) is 20.1. The molecule has 0 aromatic carbocycles. The van der Waals surface area contributed by atoms with E-state index in [0.717, 1.165) is 25.7 Å². The van der Waals surface area contributed by atoms with E-state index in [1.807, 2.05) is 0 Å². The Kier molecular flexibility index (Phi) is 38.1. The molecule has 0 aromatic rings. The second kappa shape index (κ2) is 35.7. The molecule has 0 aromatic heterocycles. The maximum Gasteiger partial charge on any atom is 0.150 e. The molecule has 0 unspecified atom stereocenters. The molecule has 0 fully saturated rings. The number of hydrogen-bond donors (Lipinski definition) is 0. The summed E-state index contributed by atoms with van der Waals surface area (Å²) >= 11 is 0. The van der Waals surface area contributed by atoms with Crippen molar-refractivity contribution in [3.8, 4) is 0 Å². The molecule has 0 amide bonds. The van der Waals surface area contributed by atoms with Gasteiger partial charge in [0.05, 0.1) is 11.5 Å². The van der Waals surface area contributed by atoms with Crippen LogP contribution in [0.25, 0.3) is 0 Å². The average molecular weight is 578 g/mol. The van der Waals surface area contributed by atoms with E-state index in [2.05, 4.69) is 13.8 Å². The third-order valence-corrected chi connectivity index (χ3v) is 10.4. The molecule has 0 heterocycles. The summed E-state index contributed by atoms with van der Waals surface area (Å²) in [7, 11) is -2.82. The van der Waals surface area contributed by atoms with E-state index in [0.29, 0.717) is 11.5 Å². The van der Waals surface area contributed by atoms with Gasteiger partial charge in [0.2, 0.25) is 0 Å². The average Bonchev–Trinajstić information content (AvgIpc) is 2.92. The zero-order valence-electron chi connectivity index (χ0n) is 28.3. The Morgan fingerprint density at radius 2 is 0.425 bits per heavy atom. The van der Waals surface area contributed by atoms with Crippen molar-refractivity contribution in [3.63, 3.8) is 0 Å². The van der Waals surface area contributed by atoms with Crippen molar-refractivity contribution in [2.75, 3.05) is 11.5 Å². The molecular formula is C36H74LiO2S. The molecule has 0 saturated heterocycles. The van der Waals surface area contributed by atoms with E-state index < -0.39 is 9.84 Å². The van der Waals surface area contributed by atoms with Gasteiger partial charge in [-0.2, -0.15) is 0 Å². The van der Waals surface area contributed by atoms with Crippen molar-refractivity contribution in [2.45, 2.75) is 219 Å². The molecule has 0 aliphatic carbocycles. The van der Waals surface area contributed by atoms with Crippen molar-refractivity contribution in [1.29, 1.82) is 0 Å². The summed E-state index contributed by atoms with van der Waals surface area (Å²) in [5.74, 6) is 0.842.